The summed E-state index contributed by atoms with van der Waals surface area (Å²) in [6, 6.07) is 21.5. The van der Waals surface area contributed by atoms with Crippen LogP contribution in [0.3, 0.4) is 0 Å². The van der Waals surface area contributed by atoms with Gasteiger partial charge in [-0.25, -0.2) is 0 Å². The summed E-state index contributed by atoms with van der Waals surface area (Å²) < 4.78 is 0. The van der Waals surface area contributed by atoms with Crippen LogP contribution in [0, 0.1) is 0 Å². The van der Waals surface area contributed by atoms with Gasteiger partial charge >= 0.3 is 0 Å². The molecule has 3 atom stereocenters. The van der Waals surface area contributed by atoms with Crippen LogP contribution in [0.1, 0.15) is 49.3 Å². The fraction of sp³-hybridized carbons (Fsp3) is 0.481. The van der Waals surface area contributed by atoms with E-state index in [0.29, 0.717) is 19.1 Å². The molecule has 1 saturated carbocycles. The molecule has 0 radical (unpaired) electrons. The molecule has 0 aromatic heterocycles. The molecule has 33 heavy (non-hydrogen) atoms. The van der Waals surface area contributed by atoms with Crippen molar-refractivity contribution >= 4 is 11.8 Å². The highest BCUT2D eigenvalue weighted by Gasteiger charge is 2.38. The maximum absolute atomic E-state index is 13.1. The predicted molar refractivity (Wildman–Crippen MR) is 129 cm³/mol. The highest BCUT2D eigenvalue weighted by molar-refractivity contribution is 5.89. The molecule has 2 amide bonds. The van der Waals surface area contributed by atoms with Crippen LogP contribution in [0.25, 0.3) is 0 Å². The van der Waals surface area contributed by atoms with E-state index >= 15 is 0 Å². The highest BCUT2D eigenvalue weighted by Crippen LogP contribution is 2.29. The molecule has 6 heteroatoms. The SMILES string of the molecule is O=C1N[C@@H]2CCCC[C@H]2N[C@H]1CC(=O)N1CCN(C(c2ccccc2)c2ccccc2)CC1. The van der Waals surface area contributed by atoms with Crippen molar-refractivity contribution in [2.75, 3.05) is 26.2 Å². The van der Waals surface area contributed by atoms with Crippen LogP contribution < -0.4 is 10.6 Å². The first-order valence-electron chi connectivity index (χ1n) is 12.4. The first-order valence-corrected chi connectivity index (χ1v) is 12.4. The second-order valence-electron chi connectivity index (χ2n) is 9.57. The lowest BCUT2D eigenvalue weighted by Crippen LogP contribution is -2.65. The summed E-state index contributed by atoms with van der Waals surface area (Å²) in [4.78, 5) is 30.0. The van der Waals surface area contributed by atoms with Gasteiger partial charge in [-0.2, -0.15) is 0 Å². The summed E-state index contributed by atoms with van der Waals surface area (Å²) in [7, 11) is 0. The summed E-state index contributed by atoms with van der Waals surface area (Å²) in [6.45, 7) is 3.01. The van der Waals surface area contributed by atoms with Crippen molar-refractivity contribution in [1.29, 1.82) is 0 Å². The number of carbonyl (C=O) groups excluding carboxylic acids is 2. The van der Waals surface area contributed by atoms with Gasteiger partial charge in [0.1, 0.15) is 0 Å². The Labute approximate surface area is 196 Å². The summed E-state index contributed by atoms with van der Waals surface area (Å²) in [5.41, 5.74) is 2.54. The van der Waals surface area contributed by atoms with E-state index in [1.54, 1.807) is 0 Å². The number of hydrogen-bond acceptors (Lipinski definition) is 4. The number of piperazine rings is 2. The third kappa shape index (κ3) is 4.97. The average Bonchev–Trinajstić information content (AvgIpc) is 2.86. The number of fused-ring (bicyclic) bond motifs is 1. The molecular weight excluding hydrogens is 412 g/mol. The minimum atomic E-state index is -0.406. The Kier molecular flexibility index (Phi) is 6.74. The van der Waals surface area contributed by atoms with Gasteiger partial charge in [-0.1, -0.05) is 73.5 Å². The van der Waals surface area contributed by atoms with Crippen molar-refractivity contribution < 1.29 is 9.59 Å². The molecule has 6 nitrogen and oxygen atoms in total. The van der Waals surface area contributed by atoms with Crippen molar-refractivity contribution in [3.8, 4) is 0 Å². The van der Waals surface area contributed by atoms with E-state index in [1.807, 2.05) is 17.0 Å². The Balaban J connectivity index is 1.21. The van der Waals surface area contributed by atoms with E-state index < -0.39 is 6.04 Å². The molecule has 0 spiro atoms. The van der Waals surface area contributed by atoms with Gasteiger partial charge in [0.25, 0.3) is 0 Å². The minimum Gasteiger partial charge on any atom is -0.350 e. The first-order chi connectivity index (χ1) is 16.2. The third-order valence-corrected chi connectivity index (χ3v) is 7.47. The second kappa shape index (κ2) is 10.1. The maximum Gasteiger partial charge on any atom is 0.237 e. The molecular formula is C27H34N4O2. The summed E-state index contributed by atoms with van der Waals surface area (Å²) in [6.07, 6.45) is 4.72. The molecule has 2 aliphatic heterocycles. The maximum atomic E-state index is 13.1. The van der Waals surface area contributed by atoms with E-state index in [2.05, 4.69) is 64.1 Å². The van der Waals surface area contributed by atoms with Crippen molar-refractivity contribution in [2.24, 2.45) is 0 Å². The van der Waals surface area contributed by atoms with Crippen LogP contribution in [-0.4, -0.2) is 65.9 Å². The van der Waals surface area contributed by atoms with E-state index in [1.165, 1.54) is 24.0 Å². The monoisotopic (exact) mass is 446 g/mol. The molecule has 2 heterocycles. The topological polar surface area (TPSA) is 64.7 Å². The number of amides is 2. The Hall–Kier alpha value is -2.70. The lowest BCUT2D eigenvalue weighted by atomic mass is 9.87. The van der Waals surface area contributed by atoms with Crippen LogP contribution >= 0.6 is 0 Å². The van der Waals surface area contributed by atoms with E-state index in [4.69, 9.17) is 0 Å². The van der Waals surface area contributed by atoms with Crippen LogP contribution in [0.2, 0.25) is 0 Å². The number of hydrogen-bond donors (Lipinski definition) is 2. The van der Waals surface area contributed by atoms with Gasteiger partial charge in [0.05, 0.1) is 18.5 Å². The summed E-state index contributed by atoms with van der Waals surface area (Å²) in [5.74, 6) is 0.0610. The number of carbonyl (C=O) groups is 2. The molecule has 174 valence electrons. The minimum absolute atomic E-state index is 0.0154. The van der Waals surface area contributed by atoms with Crippen LogP contribution in [-0.2, 0) is 9.59 Å². The van der Waals surface area contributed by atoms with Crippen LogP contribution in [0.4, 0.5) is 0 Å². The summed E-state index contributed by atoms with van der Waals surface area (Å²) in [5, 5.41) is 6.63. The van der Waals surface area contributed by atoms with Gasteiger partial charge in [-0.3, -0.25) is 14.5 Å². The number of nitrogens with one attached hydrogen (secondary N) is 2. The van der Waals surface area contributed by atoms with Gasteiger partial charge in [0, 0.05) is 38.3 Å². The summed E-state index contributed by atoms with van der Waals surface area (Å²) >= 11 is 0. The van der Waals surface area contributed by atoms with Gasteiger partial charge in [0.2, 0.25) is 11.8 Å². The number of rotatable bonds is 5. The molecule has 5 rings (SSSR count). The van der Waals surface area contributed by atoms with Gasteiger partial charge < -0.3 is 15.5 Å². The van der Waals surface area contributed by atoms with Crippen molar-refractivity contribution in [3.05, 3.63) is 71.8 Å². The fourth-order valence-electron chi connectivity index (χ4n) is 5.69. The predicted octanol–water partition coefficient (Wildman–Crippen LogP) is 2.71. The molecule has 2 saturated heterocycles. The van der Waals surface area contributed by atoms with Crippen molar-refractivity contribution in [3.63, 3.8) is 0 Å². The third-order valence-electron chi connectivity index (χ3n) is 7.47. The zero-order valence-corrected chi connectivity index (χ0v) is 19.2. The molecule has 2 N–H and O–H groups in total. The fourth-order valence-corrected chi connectivity index (χ4v) is 5.69. The molecule has 2 aromatic rings. The van der Waals surface area contributed by atoms with Gasteiger partial charge in [0.15, 0.2) is 0 Å². The van der Waals surface area contributed by atoms with Crippen LogP contribution in [0.15, 0.2) is 60.7 Å². The molecule has 3 aliphatic rings. The number of nitrogens with zero attached hydrogens (tertiary/aromatic N) is 2. The first kappa shape index (κ1) is 22.1. The number of benzene rings is 2. The van der Waals surface area contributed by atoms with E-state index in [-0.39, 0.29) is 30.3 Å². The van der Waals surface area contributed by atoms with E-state index in [0.717, 1.165) is 25.9 Å². The lowest BCUT2D eigenvalue weighted by Gasteiger charge is -2.42. The van der Waals surface area contributed by atoms with Gasteiger partial charge in [-0.15, -0.1) is 0 Å². The molecule has 0 unspecified atom stereocenters. The van der Waals surface area contributed by atoms with E-state index in [9.17, 15) is 9.59 Å². The van der Waals surface area contributed by atoms with Gasteiger partial charge in [-0.05, 0) is 24.0 Å². The quantitative estimate of drug-likeness (QED) is 0.741. The Morgan fingerprint density at radius 2 is 1.42 bits per heavy atom. The second-order valence-corrected chi connectivity index (χ2v) is 9.57. The lowest BCUT2D eigenvalue weighted by molar-refractivity contribution is -0.138. The van der Waals surface area contributed by atoms with Crippen molar-refractivity contribution in [2.45, 2.75) is 56.3 Å². The largest absolute Gasteiger partial charge is 0.350 e. The zero-order valence-electron chi connectivity index (χ0n) is 19.2. The standard InChI is InChI=1S/C27H34N4O2/c32-25(19-24-27(33)29-23-14-8-7-13-22(23)28-24)30-15-17-31(18-16-30)26(20-9-3-1-4-10-20)21-11-5-2-6-12-21/h1-6,9-12,22-24,26,28H,7-8,13-19H2,(H,29,33)/t22-,23-,24+/m1/s1. The Bertz CT molecular complexity index is 904. The highest BCUT2D eigenvalue weighted by atomic mass is 16.2. The molecule has 2 aromatic carbocycles. The molecule has 0 bridgehead atoms. The Morgan fingerprint density at radius 3 is 2.03 bits per heavy atom. The molecule has 3 fully saturated rings. The average molecular weight is 447 g/mol. The normalized spacial score (nSPS) is 26.0. The van der Waals surface area contributed by atoms with Crippen molar-refractivity contribution in [1.82, 2.24) is 20.4 Å². The smallest absolute Gasteiger partial charge is 0.237 e. The molecule has 1 aliphatic carbocycles. The van der Waals surface area contributed by atoms with Crippen LogP contribution in [0.5, 0.6) is 0 Å². The Morgan fingerprint density at radius 1 is 0.848 bits per heavy atom. The zero-order chi connectivity index (χ0) is 22.6.